The van der Waals surface area contributed by atoms with Gasteiger partial charge < -0.3 is 11.1 Å². The zero-order valence-electron chi connectivity index (χ0n) is 8.94. The monoisotopic (exact) mass is 299 g/mol. The Morgan fingerprint density at radius 1 is 1.50 bits per heavy atom. The summed E-state index contributed by atoms with van der Waals surface area (Å²) in [5, 5.41) is 4.60. The number of aromatic nitrogens is 1. The van der Waals surface area contributed by atoms with Gasteiger partial charge in [-0.3, -0.25) is 4.98 Å². The average Bonchev–Trinajstić information content (AvgIpc) is 2.25. The van der Waals surface area contributed by atoms with Gasteiger partial charge in [0.05, 0.1) is 28.1 Å². The van der Waals surface area contributed by atoms with Crippen molar-refractivity contribution in [3.8, 4) is 0 Å². The zero-order chi connectivity index (χ0) is 11.9. The fourth-order valence-electron chi connectivity index (χ4n) is 1.71. The van der Waals surface area contributed by atoms with E-state index in [0.717, 1.165) is 26.6 Å². The molecule has 0 aliphatic rings. The van der Waals surface area contributed by atoms with Crippen LogP contribution in [0, 0.1) is 6.92 Å². The third-order valence-electron chi connectivity index (χ3n) is 2.49. The van der Waals surface area contributed by atoms with Crippen LogP contribution in [0.1, 0.15) is 5.56 Å². The molecule has 0 radical (unpaired) electrons. The highest BCUT2D eigenvalue weighted by Gasteiger charge is 2.13. The second-order valence-corrected chi connectivity index (χ2v) is 4.78. The summed E-state index contributed by atoms with van der Waals surface area (Å²) in [6, 6.07) is 1.95. The molecule has 0 saturated heterocycles. The Morgan fingerprint density at radius 3 is 2.81 bits per heavy atom. The van der Waals surface area contributed by atoms with E-state index in [4.69, 9.17) is 17.3 Å². The van der Waals surface area contributed by atoms with Crippen molar-refractivity contribution in [2.45, 2.75) is 6.92 Å². The Morgan fingerprint density at radius 2 is 2.19 bits per heavy atom. The first-order valence-corrected chi connectivity index (χ1v) is 5.94. The van der Waals surface area contributed by atoms with Gasteiger partial charge in [0.2, 0.25) is 0 Å². The number of nitrogens with one attached hydrogen (secondary N) is 1. The highest BCUT2D eigenvalue weighted by Crippen LogP contribution is 2.38. The highest BCUT2D eigenvalue weighted by molar-refractivity contribution is 9.10. The number of pyridine rings is 1. The lowest BCUT2D eigenvalue weighted by atomic mass is 10.1. The largest absolute Gasteiger partial charge is 0.396 e. The van der Waals surface area contributed by atoms with Crippen molar-refractivity contribution in [1.82, 2.24) is 4.98 Å². The topological polar surface area (TPSA) is 50.9 Å². The van der Waals surface area contributed by atoms with E-state index < -0.39 is 0 Å². The maximum atomic E-state index is 6.30. The van der Waals surface area contributed by atoms with Gasteiger partial charge in [0.1, 0.15) is 0 Å². The lowest BCUT2D eigenvalue weighted by Crippen LogP contribution is -1.99. The molecule has 3 nitrogen and oxygen atoms in total. The molecule has 1 aromatic heterocycles. The molecule has 1 heterocycles. The molecule has 5 heteroatoms. The van der Waals surface area contributed by atoms with Crippen LogP contribution in [0.3, 0.4) is 0 Å². The smallest absolute Gasteiger partial charge is 0.0881 e. The fraction of sp³-hybridized carbons (Fsp3) is 0.182. The van der Waals surface area contributed by atoms with Gasteiger partial charge in [-0.25, -0.2) is 0 Å². The summed E-state index contributed by atoms with van der Waals surface area (Å²) < 4.78 is 0.918. The third-order valence-corrected chi connectivity index (χ3v) is 3.58. The molecule has 2 rings (SSSR count). The van der Waals surface area contributed by atoms with Gasteiger partial charge in [-0.2, -0.15) is 0 Å². The molecule has 0 aliphatic heterocycles. The van der Waals surface area contributed by atoms with Crippen LogP contribution in [0.15, 0.2) is 16.7 Å². The maximum absolute atomic E-state index is 6.30. The van der Waals surface area contributed by atoms with Crippen LogP contribution in [0.2, 0.25) is 5.02 Å². The van der Waals surface area contributed by atoms with Crippen molar-refractivity contribution >= 4 is 49.8 Å². The number of rotatable bonds is 1. The van der Waals surface area contributed by atoms with Crippen molar-refractivity contribution in [3.63, 3.8) is 0 Å². The summed E-state index contributed by atoms with van der Waals surface area (Å²) in [5.74, 6) is 0. The van der Waals surface area contributed by atoms with Crippen molar-refractivity contribution in [2.75, 3.05) is 18.1 Å². The molecular formula is C11H11BrClN3. The van der Waals surface area contributed by atoms with Crippen LogP contribution in [0.25, 0.3) is 10.9 Å². The number of anilines is 2. The molecule has 0 unspecified atom stereocenters. The first-order valence-electron chi connectivity index (χ1n) is 4.76. The minimum Gasteiger partial charge on any atom is -0.396 e. The number of aryl methyl sites for hydroxylation is 1. The Labute approximate surface area is 107 Å². The predicted molar refractivity (Wildman–Crippen MR) is 73.1 cm³/mol. The molecule has 0 saturated carbocycles. The lowest BCUT2D eigenvalue weighted by Gasteiger charge is -2.12. The standard InChI is InChI=1S/C11H11BrClN3/c1-5-3-6(12)10-8(9(5)13)11(15-2)7(14)4-16-10/h3-4H,14H2,1-2H3,(H,15,16). The molecule has 0 atom stereocenters. The van der Waals surface area contributed by atoms with Gasteiger partial charge in [0, 0.05) is 16.9 Å². The first kappa shape index (κ1) is 11.5. The van der Waals surface area contributed by atoms with Crippen LogP contribution >= 0.6 is 27.5 Å². The zero-order valence-corrected chi connectivity index (χ0v) is 11.3. The van der Waals surface area contributed by atoms with E-state index >= 15 is 0 Å². The van der Waals surface area contributed by atoms with Crippen LogP contribution in [0.4, 0.5) is 11.4 Å². The SMILES string of the molecule is CNc1c(N)cnc2c(Br)cc(C)c(Cl)c12. The molecule has 3 N–H and O–H groups in total. The van der Waals surface area contributed by atoms with E-state index in [1.807, 2.05) is 20.0 Å². The Kier molecular flexibility index (Phi) is 2.95. The normalized spacial score (nSPS) is 10.8. The molecule has 2 aromatic rings. The second-order valence-electron chi connectivity index (χ2n) is 3.55. The molecule has 84 valence electrons. The van der Waals surface area contributed by atoms with E-state index in [9.17, 15) is 0 Å². The number of fused-ring (bicyclic) bond motifs is 1. The summed E-state index contributed by atoms with van der Waals surface area (Å²) in [6.45, 7) is 1.95. The molecule has 0 bridgehead atoms. The second kappa shape index (κ2) is 4.11. The van der Waals surface area contributed by atoms with E-state index in [2.05, 4.69) is 26.2 Å². The molecule has 0 fully saturated rings. The first-order chi connectivity index (χ1) is 7.56. The fourth-order valence-corrected chi connectivity index (χ4v) is 2.59. The third kappa shape index (κ3) is 1.62. The summed E-state index contributed by atoms with van der Waals surface area (Å²) in [5.41, 5.74) is 9.08. The van der Waals surface area contributed by atoms with Crippen LogP contribution in [-0.4, -0.2) is 12.0 Å². The number of hydrogen-bond donors (Lipinski definition) is 2. The summed E-state index contributed by atoms with van der Waals surface area (Å²) in [4.78, 5) is 4.29. The molecule has 0 amide bonds. The van der Waals surface area contributed by atoms with Crippen molar-refractivity contribution < 1.29 is 0 Å². The summed E-state index contributed by atoms with van der Waals surface area (Å²) in [6.07, 6.45) is 1.63. The molecule has 1 aromatic carbocycles. The van der Waals surface area contributed by atoms with Crippen molar-refractivity contribution in [1.29, 1.82) is 0 Å². The molecule has 16 heavy (non-hydrogen) atoms. The van der Waals surface area contributed by atoms with E-state index in [0.29, 0.717) is 10.7 Å². The number of hydrogen-bond acceptors (Lipinski definition) is 3. The lowest BCUT2D eigenvalue weighted by molar-refractivity contribution is 1.37. The highest BCUT2D eigenvalue weighted by atomic mass is 79.9. The van der Waals surface area contributed by atoms with Gasteiger partial charge in [-0.05, 0) is 34.5 Å². The van der Waals surface area contributed by atoms with E-state index in [-0.39, 0.29) is 0 Å². The van der Waals surface area contributed by atoms with Crippen LogP contribution in [-0.2, 0) is 0 Å². The predicted octanol–water partition coefficient (Wildman–Crippen LogP) is 3.58. The van der Waals surface area contributed by atoms with Crippen LogP contribution < -0.4 is 11.1 Å². The average molecular weight is 301 g/mol. The number of nitrogens with zero attached hydrogens (tertiary/aromatic N) is 1. The van der Waals surface area contributed by atoms with Crippen molar-refractivity contribution in [2.24, 2.45) is 0 Å². The minimum atomic E-state index is 0.592. The van der Waals surface area contributed by atoms with Gasteiger partial charge in [-0.1, -0.05) is 11.6 Å². The van der Waals surface area contributed by atoms with Crippen LogP contribution in [0.5, 0.6) is 0 Å². The number of nitrogen functional groups attached to an aromatic ring is 1. The number of halogens is 2. The summed E-state index contributed by atoms with van der Waals surface area (Å²) >= 11 is 9.78. The number of nitrogens with two attached hydrogens (primary N) is 1. The Bertz CT molecular complexity index is 569. The van der Waals surface area contributed by atoms with Gasteiger partial charge in [0.15, 0.2) is 0 Å². The van der Waals surface area contributed by atoms with Gasteiger partial charge in [0.25, 0.3) is 0 Å². The van der Waals surface area contributed by atoms with Crippen molar-refractivity contribution in [3.05, 3.63) is 27.3 Å². The van der Waals surface area contributed by atoms with Gasteiger partial charge >= 0.3 is 0 Å². The molecule has 0 aliphatic carbocycles. The molecule has 0 spiro atoms. The van der Waals surface area contributed by atoms with E-state index in [1.54, 1.807) is 6.20 Å². The Balaban J connectivity index is 3.01. The number of benzene rings is 1. The molecular weight excluding hydrogens is 289 g/mol. The minimum absolute atomic E-state index is 0.592. The Hall–Kier alpha value is -1.00. The van der Waals surface area contributed by atoms with Gasteiger partial charge in [-0.15, -0.1) is 0 Å². The quantitative estimate of drug-likeness (QED) is 0.846. The maximum Gasteiger partial charge on any atom is 0.0881 e. The summed E-state index contributed by atoms with van der Waals surface area (Å²) in [7, 11) is 1.82. The van der Waals surface area contributed by atoms with E-state index in [1.165, 1.54) is 0 Å².